The fraction of sp³-hybridized carbons (Fsp3) is 0.200. The number of nitrogens with zero attached hydrogens (tertiary/aromatic N) is 3. The molecule has 1 aromatic heterocycles. The van der Waals surface area contributed by atoms with Crippen LogP contribution in [0.15, 0.2) is 22.0 Å². The first kappa shape index (κ1) is 17.7. The molecule has 0 unspecified atom stereocenters. The Kier molecular flexibility index (Phi) is 5.73. The van der Waals surface area contributed by atoms with Crippen molar-refractivity contribution in [1.82, 2.24) is 14.9 Å². The molecule has 0 saturated carbocycles. The van der Waals surface area contributed by atoms with E-state index in [2.05, 4.69) is 21.2 Å². The van der Waals surface area contributed by atoms with Gasteiger partial charge < -0.3 is 9.47 Å². The highest BCUT2D eigenvalue weighted by atomic mass is 35.5. The van der Waals surface area contributed by atoms with Gasteiger partial charge in [-0.2, -0.15) is 14.9 Å². The number of hydrogen-bond donors (Lipinski definition) is 1. The standard InChI is InChI=1S/C15H13ClN4O3S/c1-4-5-23-13-11(16)6-10(7-12(13)22-3)8-17-20-14(21)9(2)18-19-15(20)24/h1,6-8H,5H2,2-3H3,(H,19,24)/b17-8-. The Labute approximate surface area is 147 Å². The van der Waals surface area contributed by atoms with Gasteiger partial charge in [-0.1, -0.05) is 17.5 Å². The Morgan fingerprint density at radius 3 is 3.00 bits per heavy atom. The summed E-state index contributed by atoms with van der Waals surface area (Å²) in [5.74, 6) is 3.08. The van der Waals surface area contributed by atoms with Gasteiger partial charge in [0.1, 0.15) is 12.3 Å². The van der Waals surface area contributed by atoms with E-state index in [9.17, 15) is 4.79 Å². The molecule has 0 fully saturated rings. The number of terminal acetylenes is 1. The van der Waals surface area contributed by atoms with Gasteiger partial charge in [0.05, 0.1) is 18.3 Å². The molecule has 2 aromatic rings. The van der Waals surface area contributed by atoms with Gasteiger partial charge in [0.25, 0.3) is 5.56 Å². The number of halogens is 1. The quantitative estimate of drug-likeness (QED) is 0.499. The molecule has 0 amide bonds. The second kappa shape index (κ2) is 7.77. The molecule has 7 nitrogen and oxygen atoms in total. The average Bonchev–Trinajstić information content (AvgIpc) is 2.57. The molecular weight excluding hydrogens is 352 g/mol. The molecule has 0 saturated heterocycles. The van der Waals surface area contributed by atoms with Crippen molar-refractivity contribution in [3.8, 4) is 23.8 Å². The largest absolute Gasteiger partial charge is 0.493 e. The molecule has 124 valence electrons. The van der Waals surface area contributed by atoms with Crippen LogP contribution in [-0.4, -0.2) is 34.8 Å². The van der Waals surface area contributed by atoms with Crippen molar-refractivity contribution in [2.24, 2.45) is 5.10 Å². The molecule has 1 N–H and O–H groups in total. The molecule has 1 aromatic carbocycles. The lowest BCUT2D eigenvalue weighted by molar-refractivity contribution is 0.331. The smallest absolute Gasteiger partial charge is 0.296 e. The summed E-state index contributed by atoms with van der Waals surface area (Å²) in [6.45, 7) is 1.61. The molecular formula is C15H13ClN4O3S. The predicted molar refractivity (Wildman–Crippen MR) is 93.7 cm³/mol. The lowest BCUT2D eigenvalue weighted by Gasteiger charge is -2.11. The molecule has 1 heterocycles. The maximum Gasteiger partial charge on any atom is 0.296 e. The first-order valence-electron chi connectivity index (χ1n) is 6.64. The monoisotopic (exact) mass is 364 g/mol. The molecule has 2 rings (SSSR count). The van der Waals surface area contributed by atoms with Crippen molar-refractivity contribution in [1.29, 1.82) is 0 Å². The van der Waals surface area contributed by atoms with Crippen molar-refractivity contribution < 1.29 is 9.47 Å². The van der Waals surface area contributed by atoms with Crippen LogP contribution in [-0.2, 0) is 0 Å². The number of benzene rings is 1. The maximum atomic E-state index is 12.0. The fourth-order valence-corrected chi connectivity index (χ4v) is 2.22. The molecule has 0 aliphatic carbocycles. The molecule has 24 heavy (non-hydrogen) atoms. The molecule has 9 heteroatoms. The number of nitrogens with one attached hydrogen (secondary N) is 1. The first-order chi connectivity index (χ1) is 11.5. The number of aromatic amines is 1. The van der Waals surface area contributed by atoms with Crippen molar-refractivity contribution in [3.05, 3.63) is 43.5 Å². The summed E-state index contributed by atoms with van der Waals surface area (Å²) >= 11 is 11.2. The van der Waals surface area contributed by atoms with E-state index in [1.165, 1.54) is 13.3 Å². The van der Waals surface area contributed by atoms with Gasteiger partial charge in [-0.05, 0) is 36.8 Å². The third-order valence-corrected chi connectivity index (χ3v) is 3.43. The average molecular weight is 365 g/mol. The summed E-state index contributed by atoms with van der Waals surface area (Å²) in [7, 11) is 1.47. The molecule has 0 bridgehead atoms. The molecule has 0 aliphatic heterocycles. The number of aryl methyl sites for hydroxylation is 1. The fourth-order valence-electron chi connectivity index (χ4n) is 1.77. The number of methoxy groups -OCH3 is 1. The van der Waals surface area contributed by atoms with E-state index in [0.717, 1.165) is 4.68 Å². The van der Waals surface area contributed by atoms with Crippen LogP contribution in [0.25, 0.3) is 0 Å². The van der Waals surface area contributed by atoms with Crippen LogP contribution >= 0.6 is 23.8 Å². The minimum Gasteiger partial charge on any atom is -0.493 e. The predicted octanol–water partition coefficient (Wildman–Crippen LogP) is 2.17. The summed E-state index contributed by atoms with van der Waals surface area (Å²) in [5.41, 5.74) is 0.414. The van der Waals surface area contributed by atoms with E-state index in [0.29, 0.717) is 22.1 Å². The van der Waals surface area contributed by atoms with E-state index in [4.69, 9.17) is 39.7 Å². The van der Waals surface area contributed by atoms with Crippen LogP contribution < -0.4 is 15.0 Å². The molecule has 0 spiro atoms. The van der Waals surface area contributed by atoms with Crippen LogP contribution in [0.2, 0.25) is 5.02 Å². The van der Waals surface area contributed by atoms with Gasteiger partial charge in [-0.3, -0.25) is 9.89 Å². The van der Waals surface area contributed by atoms with Crippen LogP contribution in [0.1, 0.15) is 11.3 Å². The number of aromatic nitrogens is 3. The van der Waals surface area contributed by atoms with Crippen LogP contribution in [0.5, 0.6) is 11.5 Å². The Bertz CT molecular complexity index is 943. The number of hydrogen-bond acceptors (Lipinski definition) is 6. The zero-order valence-electron chi connectivity index (χ0n) is 12.9. The third-order valence-electron chi connectivity index (χ3n) is 2.89. The van der Waals surface area contributed by atoms with Crippen molar-refractivity contribution in [3.63, 3.8) is 0 Å². The van der Waals surface area contributed by atoms with Crippen molar-refractivity contribution in [2.75, 3.05) is 13.7 Å². The van der Waals surface area contributed by atoms with Crippen LogP contribution in [0.4, 0.5) is 0 Å². The van der Waals surface area contributed by atoms with E-state index in [-0.39, 0.29) is 17.1 Å². The first-order valence-corrected chi connectivity index (χ1v) is 7.43. The van der Waals surface area contributed by atoms with Gasteiger partial charge in [-0.15, -0.1) is 6.42 Å². The summed E-state index contributed by atoms with van der Waals surface area (Å²) in [6.07, 6.45) is 6.59. The highest BCUT2D eigenvalue weighted by molar-refractivity contribution is 7.71. The highest BCUT2D eigenvalue weighted by Gasteiger charge is 2.11. The number of ether oxygens (including phenoxy) is 2. The zero-order valence-corrected chi connectivity index (χ0v) is 14.4. The van der Waals surface area contributed by atoms with Gasteiger partial charge in [0, 0.05) is 0 Å². The van der Waals surface area contributed by atoms with E-state index in [1.807, 2.05) is 0 Å². The minimum atomic E-state index is -0.415. The number of rotatable bonds is 5. The number of H-pyrrole nitrogens is 1. The highest BCUT2D eigenvalue weighted by Crippen LogP contribution is 2.35. The van der Waals surface area contributed by atoms with E-state index in [1.54, 1.807) is 19.1 Å². The van der Waals surface area contributed by atoms with Crippen LogP contribution in [0, 0.1) is 24.0 Å². The van der Waals surface area contributed by atoms with E-state index < -0.39 is 5.56 Å². The summed E-state index contributed by atoms with van der Waals surface area (Å²) in [4.78, 5) is 12.0. The van der Waals surface area contributed by atoms with E-state index >= 15 is 0 Å². The Hall–Kier alpha value is -2.63. The molecule has 0 aliphatic rings. The molecule has 0 radical (unpaired) electrons. The van der Waals surface area contributed by atoms with Gasteiger partial charge >= 0.3 is 0 Å². The normalized spacial score (nSPS) is 10.6. The summed E-state index contributed by atoms with van der Waals surface area (Å²) in [6, 6.07) is 3.25. The van der Waals surface area contributed by atoms with Gasteiger partial charge in [0.2, 0.25) is 4.77 Å². The lowest BCUT2D eigenvalue weighted by atomic mass is 10.2. The van der Waals surface area contributed by atoms with Gasteiger partial charge in [-0.25, -0.2) is 0 Å². The van der Waals surface area contributed by atoms with Crippen molar-refractivity contribution >= 4 is 30.0 Å². The topological polar surface area (TPSA) is 81.5 Å². The third kappa shape index (κ3) is 3.82. The Balaban J connectivity index is 2.43. The lowest BCUT2D eigenvalue weighted by Crippen LogP contribution is -2.22. The summed E-state index contributed by atoms with van der Waals surface area (Å²) < 4.78 is 11.7. The second-order valence-electron chi connectivity index (χ2n) is 4.50. The van der Waals surface area contributed by atoms with Crippen LogP contribution in [0.3, 0.4) is 0 Å². The Morgan fingerprint density at radius 1 is 1.58 bits per heavy atom. The zero-order chi connectivity index (χ0) is 17.7. The minimum absolute atomic E-state index is 0.0599. The second-order valence-corrected chi connectivity index (χ2v) is 5.30. The maximum absolute atomic E-state index is 12.0. The Morgan fingerprint density at radius 2 is 2.33 bits per heavy atom. The van der Waals surface area contributed by atoms with Crippen molar-refractivity contribution in [2.45, 2.75) is 6.92 Å². The molecule has 0 atom stereocenters. The summed E-state index contributed by atoms with van der Waals surface area (Å²) in [5, 5.41) is 10.7. The van der Waals surface area contributed by atoms with Gasteiger partial charge in [0.15, 0.2) is 11.5 Å². The SMILES string of the molecule is C#CCOc1c(Cl)cc(/C=N\n2c(=S)[nH]nc(C)c2=O)cc1OC.